The van der Waals surface area contributed by atoms with Crippen molar-refractivity contribution in [2.45, 2.75) is 26.2 Å². The highest BCUT2D eigenvalue weighted by molar-refractivity contribution is 5.94. The molecule has 0 aromatic heterocycles. The van der Waals surface area contributed by atoms with E-state index < -0.39 is 0 Å². The van der Waals surface area contributed by atoms with Gasteiger partial charge in [-0.2, -0.15) is 0 Å². The van der Waals surface area contributed by atoms with E-state index in [0.717, 1.165) is 31.8 Å². The van der Waals surface area contributed by atoms with Gasteiger partial charge in [0.1, 0.15) is 0 Å². The van der Waals surface area contributed by atoms with E-state index in [1.807, 2.05) is 17.0 Å². The number of rotatable bonds is 2. The molecule has 0 spiro atoms. The topological polar surface area (TPSA) is 32.8 Å². The molecule has 1 unspecified atom stereocenters. The summed E-state index contributed by atoms with van der Waals surface area (Å²) in [7, 11) is 0. The summed E-state index contributed by atoms with van der Waals surface area (Å²) in [4.78, 5) is 17.0. The van der Waals surface area contributed by atoms with Crippen molar-refractivity contribution in [2.75, 3.05) is 44.3 Å². The molecular weight excluding hydrogens is 276 g/mol. The maximum Gasteiger partial charge on any atom is 0.253 e. The number of carbonyl (C=O) groups excluding carboxylic acids is 1. The second kappa shape index (κ2) is 7.14. The Labute approximate surface area is 133 Å². The van der Waals surface area contributed by atoms with E-state index >= 15 is 0 Å². The minimum Gasteiger partial charge on any atom is -0.379 e. The fourth-order valence-electron chi connectivity index (χ4n) is 3.31. The maximum absolute atomic E-state index is 12.6. The Balaban J connectivity index is 1.67. The molecule has 1 aromatic carbocycles. The summed E-state index contributed by atoms with van der Waals surface area (Å²) in [5.74, 6) is 0.529. The van der Waals surface area contributed by atoms with Gasteiger partial charge in [-0.3, -0.25) is 4.79 Å². The molecule has 0 radical (unpaired) electrons. The lowest BCUT2D eigenvalue weighted by molar-refractivity contribution is 0.0738. The minimum atomic E-state index is 0.127. The molecule has 0 saturated carbocycles. The predicted octanol–water partition coefficient (Wildman–Crippen LogP) is 2.79. The van der Waals surface area contributed by atoms with E-state index in [9.17, 15) is 4.79 Å². The van der Waals surface area contributed by atoms with Crippen molar-refractivity contribution in [1.82, 2.24) is 4.90 Å². The SMILES string of the molecule is CC1COCCN(C(=O)c2ccc(N3CCCCC3)cc2)C1. The number of piperidine rings is 1. The lowest BCUT2D eigenvalue weighted by atomic mass is 10.1. The molecule has 4 nitrogen and oxygen atoms in total. The molecule has 0 N–H and O–H groups in total. The van der Waals surface area contributed by atoms with Crippen LogP contribution in [-0.4, -0.2) is 50.2 Å². The average Bonchev–Trinajstić information content (AvgIpc) is 2.80. The molecule has 1 aromatic rings. The second-order valence-electron chi connectivity index (χ2n) is 6.53. The van der Waals surface area contributed by atoms with E-state index in [1.165, 1.54) is 24.9 Å². The highest BCUT2D eigenvalue weighted by atomic mass is 16.5. The number of ether oxygens (including phenoxy) is 1. The highest BCUT2D eigenvalue weighted by Crippen LogP contribution is 2.21. The largest absolute Gasteiger partial charge is 0.379 e. The third-order valence-electron chi connectivity index (χ3n) is 4.56. The van der Waals surface area contributed by atoms with Gasteiger partial charge in [0.05, 0.1) is 13.2 Å². The van der Waals surface area contributed by atoms with E-state index in [2.05, 4.69) is 24.0 Å². The van der Waals surface area contributed by atoms with Crippen molar-refractivity contribution in [3.05, 3.63) is 29.8 Å². The van der Waals surface area contributed by atoms with Crippen LogP contribution in [-0.2, 0) is 4.74 Å². The van der Waals surface area contributed by atoms with E-state index in [4.69, 9.17) is 4.74 Å². The first-order valence-electron chi connectivity index (χ1n) is 8.46. The van der Waals surface area contributed by atoms with Crippen LogP contribution in [0, 0.1) is 5.92 Å². The summed E-state index contributed by atoms with van der Waals surface area (Å²) in [5.41, 5.74) is 2.03. The number of carbonyl (C=O) groups is 1. The van der Waals surface area contributed by atoms with Gasteiger partial charge in [0, 0.05) is 37.4 Å². The summed E-state index contributed by atoms with van der Waals surface area (Å²) >= 11 is 0. The molecule has 4 heteroatoms. The fraction of sp³-hybridized carbons (Fsp3) is 0.611. The summed E-state index contributed by atoms with van der Waals surface area (Å²) in [6.45, 7) is 7.26. The summed E-state index contributed by atoms with van der Waals surface area (Å²) in [5, 5.41) is 0. The van der Waals surface area contributed by atoms with Crippen LogP contribution in [0.15, 0.2) is 24.3 Å². The standard InChI is InChI=1S/C18H26N2O2/c1-15-13-20(11-12-22-14-15)18(21)16-5-7-17(8-6-16)19-9-3-2-4-10-19/h5-8,15H,2-4,9-14H2,1H3. The molecule has 2 fully saturated rings. The van der Waals surface area contributed by atoms with Crippen molar-refractivity contribution in [3.63, 3.8) is 0 Å². The van der Waals surface area contributed by atoms with Crippen molar-refractivity contribution in [1.29, 1.82) is 0 Å². The number of hydrogen-bond acceptors (Lipinski definition) is 3. The molecule has 2 saturated heterocycles. The van der Waals surface area contributed by atoms with Crippen LogP contribution in [0.25, 0.3) is 0 Å². The lowest BCUT2D eigenvalue weighted by Crippen LogP contribution is -2.35. The van der Waals surface area contributed by atoms with Crippen molar-refractivity contribution in [3.8, 4) is 0 Å². The summed E-state index contributed by atoms with van der Waals surface area (Å²) < 4.78 is 5.52. The van der Waals surface area contributed by atoms with Crippen molar-refractivity contribution in [2.24, 2.45) is 5.92 Å². The number of anilines is 1. The molecule has 3 rings (SSSR count). The first-order chi connectivity index (χ1) is 10.7. The summed E-state index contributed by atoms with van der Waals surface area (Å²) in [6, 6.07) is 8.14. The van der Waals surface area contributed by atoms with Crippen molar-refractivity contribution < 1.29 is 9.53 Å². The van der Waals surface area contributed by atoms with Gasteiger partial charge in [-0.15, -0.1) is 0 Å². The number of nitrogens with zero attached hydrogens (tertiary/aromatic N) is 2. The Hall–Kier alpha value is -1.55. The normalized spacial score (nSPS) is 23.2. The molecule has 0 bridgehead atoms. The molecule has 2 heterocycles. The predicted molar refractivity (Wildman–Crippen MR) is 88.4 cm³/mol. The van der Waals surface area contributed by atoms with Crippen molar-refractivity contribution >= 4 is 11.6 Å². The minimum absolute atomic E-state index is 0.127. The van der Waals surface area contributed by atoms with E-state index in [1.54, 1.807) is 0 Å². The fourth-order valence-corrected chi connectivity index (χ4v) is 3.31. The average molecular weight is 302 g/mol. The van der Waals surface area contributed by atoms with E-state index in [-0.39, 0.29) is 5.91 Å². The molecule has 2 aliphatic rings. The van der Waals surface area contributed by atoms with E-state index in [0.29, 0.717) is 19.1 Å². The third-order valence-corrected chi connectivity index (χ3v) is 4.56. The Morgan fingerprint density at radius 2 is 1.82 bits per heavy atom. The van der Waals surface area contributed by atoms with Gasteiger partial charge in [0.25, 0.3) is 5.91 Å². The number of amides is 1. The Bertz CT molecular complexity index is 494. The van der Waals surface area contributed by atoms with Gasteiger partial charge < -0.3 is 14.5 Å². The zero-order valence-electron chi connectivity index (χ0n) is 13.5. The molecule has 120 valence electrons. The highest BCUT2D eigenvalue weighted by Gasteiger charge is 2.21. The van der Waals surface area contributed by atoms with Crippen LogP contribution in [0.2, 0.25) is 0 Å². The quantitative estimate of drug-likeness (QED) is 0.842. The third kappa shape index (κ3) is 3.61. The second-order valence-corrected chi connectivity index (χ2v) is 6.53. The Kier molecular flexibility index (Phi) is 4.98. The monoisotopic (exact) mass is 302 g/mol. The number of hydrogen-bond donors (Lipinski definition) is 0. The zero-order valence-corrected chi connectivity index (χ0v) is 13.5. The van der Waals surface area contributed by atoms with Gasteiger partial charge in [-0.1, -0.05) is 6.92 Å². The van der Waals surface area contributed by atoms with Gasteiger partial charge in [-0.25, -0.2) is 0 Å². The van der Waals surface area contributed by atoms with Crippen LogP contribution in [0.1, 0.15) is 36.5 Å². The maximum atomic E-state index is 12.6. The first-order valence-corrected chi connectivity index (χ1v) is 8.46. The van der Waals surface area contributed by atoms with Crippen LogP contribution >= 0.6 is 0 Å². The first kappa shape index (κ1) is 15.3. The van der Waals surface area contributed by atoms with Gasteiger partial charge >= 0.3 is 0 Å². The molecule has 1 amide bonds. The van der Waals surface area contributed by atoms with Gasteiger partial charge in [-0.05, 0) is 49.4 Å². The van der Waals surface area contributed by atoms with Gasteiger partial charge in [0.2, 0.25) is 0 Å². The molecule has 1 atom stereocenters. The smallest absolute Gasteiger partial charge is 0.253 e. The Morgan fingerprint density at radius 3 is 2.55 bits per heavy atom. The lowest BCUT2D eigenvalue weighted by Gasteiger charge is -2.29. The number of benzene rings is 1. The molecule has 22 heavy (non-hydrogen) atoms. The van der Waals surface area contributed by atoms with Gasteiger partial charge in [0.15, 0.2) is 0 Å². The zero-order chi connectivity index (χ0) is 15.4. The van der Waals surface area contributed by atoms with Crippen LogP contribution in [0.3, 0.4) is 0 Å². The molecule has 2 aliphatic heterocycles. The molecule has 0 aliphatic carbocycles. The summed E-state index contributed by atoms with van der Waals surface area (Å²) in [6.07, 6.45) is 3.88. The Morgan fingerprint density at radius 1 is 1.09 bits per heavy atom. The molecular formula is C18H26N2O2. The van der Waals surface area contributed by atoms with Crippen LogP contribution in [0.4, 0.5) is 5.69 Å². The van der Waals surface area contributed by atoms with Crippen LogP contribution in [0.5, 0.6) is 0 Å². The van der Waals surface area contributed by atoms with Crippen LogP contribution < -0.4 is 4.90 Å².